The standard InChI is InChI=1S/C11H13O3P/c1-2-4-10(5-3-1)6-11-7-12-15(13-8-11)14-9-11/h1-5H,6-9H2. The predicted molar refractivity (Wildman–Crippen MR) is 57.4 cm³/mol. The van der Waals surface area contributed by atoms with Crippen molar-refractivity contribution >= 4 is 8.60 Å². The molecule has 3 nitrogen and oxygen atoms in total. The molecule has 2 bridgehead atoms. The van der Waals surface area contributed by atoms with Crippen LogP contribution in [0.25, 0.3) is 0 Å². The SMILES string of the molecule is c1ccc(CC23COP(OC2)OC3)cc1. The van der Waals surface area contributed by atoms with Gasteiger partial charge in [-0.15, -0.1) is 0 Å². The van der Waals surface area contributed by atoms with E-state index in [4.69, 9.17) is 13.6 Å². The molecule has 0 amide bonds. The van der Waals surface area contributed by atoms with Crippen molar-refractivity contribution in [2.24, 2.45) is 5.41 Å². The zero-order valence-electron chi connectivity index (χ0n) is 8.39. The van der Waals surface area contributed by atoms with Crippen molar-refractivity contribution in [1.29, 1.82) is 0 Å². The summed E-state index contributed by atoms with van der Waals surface area (Å²) in [6.45, 7) is 2.31. The smallest absolute Gasteiger partial charge is 0.311 e. The lowest BCUT2D eigenvalue weighted by molar-refractivity contribution is -0.0722. The molecular formula is C11H13O3P. The Morgan fingerprint density at radius 1 is 1.00 bits per heavy atom. The van der Waals surface area contributed by atoms with E-state index in [9.17, 15) is 0 Å². The molecule has 4 heteroatoms. The van der Waals surface area contributed by atoms with E-state index < -0.39 is 8.60 Å². The van der Waals surface area contributed by atoms with Crippen LogP contribution in [0.15, 0.2) is 30.3 Å². The highest BCUT2D eigenvalue weighted by atomic mass is 31.2. The van der Waals surface area contributed by atoms with Crippen LogP contribution in [0.4, 0.5) is 0 Å². The predicted octanol–water partition coefficient (Wildman–Crippen LogP) is 2.52. The van der Waals surface area contributed by atoms with Crippen LogP contribution in [-0.4, -0.2) is 19.8 Å². The minimum atomic E-state index is -1.01. The molecule has 0 saturated carbocycles. The van der Waals surface area contributed by atoms with Crippen LogP contribution in [0, 0.1) is 5.41 Å². The topological polar surface area (TPSA) is 27.7 Å². The normalized spacial score (nSPS) is 34.3. The molecule has 0 spiro atoms. The second-order valence-electron chi connectivity index (χ2n) is 4.21. The Bertz CT molecular complexity index is 319. The number of fused-ring (bicyclic) bond motifs is 3. The monoisotopic (exact) mass is 224 g/mol. The molecule has 3 fully saturated rings. The van der Waals surface area contributed by atoms with Gasteiger partial charge in [-0.25, -0.2) is 0 Å². The molecule has 0 unspecified atom stereocenters. The molecule has 3 aliphatic heterocycles. The Morgan fingerprint density at radius 2 is 1.60 bits per heavy atom. The molecule has 0 aliphatic carbocycles. The van der Waals surface area contributed by atoms with Gasteiger partial charge in [0.1, 0.15) is 0 Å². The zero-order valence-corrected chi connectivity index (χ0v) is 9.28. The second kappa shape index (κ2) is 3.84. The average molecular weight is 224 g/mol. The number of hydrogen-bond donors (Lipinski definition) is 0. The summed E-state index contributed by atoms with van der Waals surface area (Å²) >= 11 is 0. The summed E-state index contributed by atoms with van der Waals surface area (Å²) in [4.78, 5) is 0. The molecule has 0 atom stereocenters. The molecule has 1 aromatic rings. The summed E-state index contributed by atoms with van der Waals surface area (Å²) < 4.78 is 16.4. The Hall–Kier alpha value is -0.470. The van der Waals surface area contributed by atoms with E-state index in [1.165, 1.54) is 5.56 Å². The van der Waals surface area contributed by atoms with Crippen LogP contribution in [0.1, 0.15) is 5.56 Å². The highest BCUT2D eigenvalue weighted by Crippen LogP contribution is 2.53. The van der Waals surface area contributed by atoms with Gasteiger partial charge >= 0.3 is 8.60 Å². The van der Waals surface area contributed by atoms with Gasteiger partial charge in [0.05, 0.1) is 19.8 Å². The molecule has 3 heterocycles. The van der Waals surface area contributed by atoms with Gasteiger partial charge in [-0.3, -0.25) is 0 Å². The lowest BCUT2D eigenvalue weighted by atomic mass is 9.84. The van der Waals surface area contributed by atoms with E-state index in [2.05, 4.69) is 24.3 Å². The molecule has 15 heavy (non-hydrogen) atoms. The van der Waals surface area contributed by atoms with Crippen LogP contribution in [-0.2, 0) is 20.0 Å². The van der Waals surface area contributed by atoms with E-state index in [-0.39, 0.29) is 5.41 Å². The van der Waals surface area contributed by atoms with Gasteiger partial charge < -0.3 is 13.6 Å². The third-order valence-corrected chi connectivity index (χ3v) is 3.87. The average Bonchev–Trinajstić information content (AvgIpc) is 2.32. The first kappa shape index (κ1) is 9.73. The van der Waals surface area contributed by atoms with Crippen molar-refractivity contribution < 1.29 is 13.6 Å². The summed E-state index contributed by atoms with van der Waals surface area (Å²) in [5.41, 5.74) is 1.36. The van der Waals surface area contributed by atoms with Crippen molar-refractivity contribution in [3.63, 3.8) is 0 Å². The fourth-order valence-electron chi connectivity index (χ4n) is 1.99. The maximum Gasteiger partial charge on any atom is 0.332 e. The third-order valence-electron chi connectivity index (χ3n) is 2.85. The number of benzene rings is 1. The molecule has 3 saturated heterocycles. The molecular weight excluding hydrogens is 211 g/mol. The van der Waals surface area contributed by atoms with Gasteiger partial charge in [0.2, 0.25) is 0 Å². The van der Waals surface area contributed by atoms with Crippen molar-refractivity contribution in [2.45, 2.75) is 6.42 Å². The maximum absolute atomic E-state index is 5.47. The lowest BCUT2D eigenvalue weighted by Gasteiger charge is -2.44. The summed E-state index contributed by atoms with van der Waals surface area (Å²) in [6.07, 6.45) is 0.969. The number of hydrogen-bond acceptors (Lipinski definition) is 3. The molecule has 0 N–H and O–H groups in total. The Balaban J connectivity index is 1.76. The van der Waals surface area contributed by atoms with Gasteiger partial charge in [-0.2, -0.15) is 0 Å². The van der Waals surface area contributed by atoms with Crippen LogP contribution in [0.5, 0.6) is 0 Å². The first-order valence-electron chi connectivity index (χ1n) is 5.09. The Kier molecular flexibility index (Phi) is 2.49. The molecule has 4 rings (SSSR count). The van der Waals surface area contributed by atoms with Gasteiger partial charge in [0, 0.05) is 5.41 Å². The van der Waals surface area contributed by atoms with Gasteiger partial charge in [0.15, 0.2) is 0 Å². The number of rotatable bonds is 2. The highest BCUT2D eigenvalue weighted by Gasteiger charge is 2.44. The lowest BCUT2D eigenvalue weighted by Crippen LogP contribution is -2.45. The van der Waals surface area contributed by atoms with Crippen LogP contribution in [0.3, 0.4) is 0 Å². The highest BCUT2D eigenvalue weighted by molar-refractivity contribution is 7.41. The van der Waals surface area contributed by atoms with Gasteiger partial charge in [-0.05, 0) is 12.0 Å². The van der Waals surface area contributed by atoms with Crippen molar-refractivity contribution in [2.75, 3.05) is 19.8 Å². The van der Waals surface area contributed by atoms with E-state index in [1.54, 1.807) is 0 Å². The second-order valence-corrected chi connectivity index (χ2v) is 5.43. The molecule has 1 aromatic carbocycles. The molecule has 3 aliphatic rings. The summed E-state index contributed by atoms with van der Waals surface area (Å²) in [6, 6.07) is 10.4. The maximum atomic E-state index is 5.47. The Morgan fingerprint density at radius 3 is 2.20 bits per heavy atom. The zero-order chi connectivity index (χ0) is 10.1. The van der Waals surface area contributed by atoms with E-state index in [0.29, 0.717) is 0 Å². The van der Waals surface area contributed by atoms with Crippen molar-refractivity contribution in [1.82, 2.24) is 0 Å². The molecule has 0 aromatic heterocycles. The van der Waals surface area contributed by atoms with Crippen molar-refractivity contribution in [3.05, 3.63) is 35.9 Å². The Labute approximate surface area is 90.3 Å². The minimum absolute atomic E-state index is 0.0401. The summed E-state index contributed by atoms with van der Waals surface area (Å²) in [5.74, 6) is 0. The van der Waals surface area contributed by atoms with E-state index >= 15 is 0 Å². The minimum Gasteiger partial charge on any atom is -0.311 e. The molecule has 0 radical (unpaired) electrons. The fraction of sp³-hybridized carbons (Fsp3) is 0.455. The third kappa shape index (κ3) is 1.93. The van der Waals surface area contributed by atoms with Crippen LogP contribution >= 0.6 is 8.60 Å². The van der Waals surface area contributed by atoms with Crippen molar-refractivity contribution in [3.8, 4) is 0 Å². The fourth-order valence-corrected chi connectivity index (χ4v) is 3.35. The van der Waals surface area contributed by atoms with Crippen LogP contribution < -0.4 is 0 Å². The van der Waals surface area contributed by atoms with Gasteiger partial charge in [0.25, 0.3) is 0 Å². The van der Waals surface area contributed by atoms with Gasteiger partial charge in [-0.1, -0.05) is 30.3 Å². The quantitative estimate of drug-likeness (QED) is 0.722. The summed E-state index contributed by atoms with van der Waals surface area (Å²) in [7, 11) is -1.01. The first-order valence-corrected chi connectivity index (χ1v) is 6.19. The van der Waals surface area contributed by atoms with E-state index in [1.807, 2.05) is 6.07 Å². The largest absolute Gasteiger partial charge is 0.332 e. The summed E-state index contributed by atoms with van der Waals surface area (Å²) in [5, 5.41) is 0. The molecule has 80 valence electrons. The van der Waals surface area contributed by atoms with Crippen LogP contribution in [0.2, 0.25) is 0 Å². The first-order chi connectivity index (χ1) is 7.36. The van der Waals surface area contributed by atoms with E-state index in [0.717, 1.165) is 26.2 Å².